The van der Waals surface area contributed by atoms with E-state index in [0.717, 1.165) is 33.2 Å². The van der Waals surface area contributed by atoms with Gasteiger partial charge in [-0.25, -0.2) is 4.98 Å². The number of hydrogen-bond acceptors (Lipinski definition) is 3. The number of nitrogens with one attached hydrogen (secondary N) is 1. The molecule has 142 valence electrons. The Balaban J connectivity index is 1.47. The molecule has 0 fully saturated rings. The lowest BCUT2D eigenvalue weighted by molar-refractivity contribution is -0.116. The summed E-state index contributed by atoms with van der Waals surface area (Å²) in [5, 5.41) is 5.80. The van der Waals surface area contributed by atoms with Crippen LogP contribution in [0.25, 0.3) is 16.2 Å². The van der Waals surface area contributed by atoms with E-state index in [9.17, 15) is 4.79 Å². The molecule has 0 bridgehead atoms. The van der Waals surface area contributed by atoms with Gasteiger partial charge in [0, 0.05) is 40.0 Å². The first-order valence-corrected chi connectivity index (χ1v) is 10.3. The number of carbonyl (C=O) groups is 1. The van der Waals surface area contributed by atoms with Gasteiger partial charge in [0.15, 0.2) is 4.96 Å². The summed E-state index contributed by atoms with van der Waals surface area (Å²) in [5.74, 6) is 0.0195. The number of aryl methyl sites for hydroxylation is 2. The largest absolute Gasteiger partial charge is 0.326 e. The highest BCUT2D eigenvalue weighted by molar-refractivity contribution is 7.15. The van der Waals surface area contributed by atoms with Crippen LogP contribution in [0.5, 0.6) is 0 Å². The van der Waals surface area contributed by atoms with Crippen molar-refractivity contribution in [2.24, 2.45) is 0 Å². The topological polar surface area (TPSA) is 46.4 Å². The van der Waals surface area contributed by atoms with Gasteiger partial charge in [0.2, 0.25) is 5.91 Å². The van der Waals surface area contributed by atoms with Gasteiger partial charge >= 0.3 is 0 Å². The third-order valence-corrected chi connectivity index (χ3v) is 6.05. The van der Waals surface area contributed by atoms with Crippen LogP contribution in [0, 0.1) is 13.8 Å². The minimum absolute atomic E-state index is 0.0195. The lowest BCUT2D eigenvalue weighted by atomic mass is 10.1. The van der Waals surface area contributed by atoms with E-state index in [2.05, 4.69) is 20.1 Å². The molecule has 0 aliphatic heterocycles. The molecule has 28 heavy (non-hydrogen) atoms. The minimum atomic E-state index is 0.0195. The summed E-state index contributed by atoms with van der Waals surface area (Å²) in [5.41, 5.74) is 6.18. The van der Waals surface area contributed by atoms with Crippen molar-refractivity contribution in [2.45, 2.75) is 26.7 Å². The van der Waals surface area contributed by atoms with E-state index < -0.39 is 0 Å². The van der Waals surface area contributed by atoms with Crippen LogP contribution >= 0.6 is 22.9 Å². The van der Waals surface area contributed by atoms with Crippen molar-refractivity contribution in [3.05, 3.63) is 75.9 Å². The van der Waals surface area contributed by atoms with Crippen molar-refractivity contribution in [1.29, 1.82) is 0 Å². The van der Waals surface area contributed by atoms with Crippen LogP contribution in [0.4, 0.5) is 5.69 Å². The van der Waals surface area contributed by atoms with Crippen LogP contribution in [-0.4, -0.2) is 15.3 Å². The monoisotopic (exact) mass is 409 g/mol. The van der Waals surface area contributed by atoms with Crippen LogP contribution in [0.15, 0.2) is 54.0 Å². The molecule has 0 atom stereocenters. The molecule has 0 spiro atoms. The summed E-state index contributed by atoms with van der Waals surface area (Å²) < 4.78 is 2.07. The zero-order valence-electron chi connectivity index (χ0n) is 15.7. The lowest BCUT2D eigenvalue weighted by Gasteiger charge is -2.10. The molecule has 4 rings (SSSR count). The summed E-state index contributed by atoms with van der Waals surface area (Å²) in [7, 11) is 0. The molecule has 2 heterocycles. The van der Waals surface area contributed by atoms with E-state index in [-0.39, 0.29) is 5.91 Å². The second-order valence-corrected chi connectivity index (χ2v) is 8.08. The standard InChI is InChI=1S/C22H20ClN3OS/c1-14-4-3-5-19(15(14)2)24-21(27)11-10-18-13-28-22-25-20(12-26(18)22)16-6-8-17(23)9-7-16/h3-9,12-13H,10-11H2,1-2H3,(H,24,27). The Bertz CT molecular complexity index is 1140. The molecule has 0 unspecified atom stereocenters. The van der Waals surface area contributed by atoms with Crippen LogP contribution in [0.3, 0.4) is 0 Å². The Labute approximate surface area is 172 Å². The smallest absolute Gasteiger partial charge is 0.224 e. The Hall–Kier alpha value is -2.63. The van der Waals surface area contributed by atoms with E-state index in [4.69, 9.17) is 11.6 Å². The number of thiazole rings is 1. The highest BCUT2D eigenvalue weighted by Gasteiger charge is 2.12. The van der Waals surface area contributed by atoms with Crippen molar-refractivity contribution in [1.82, 2.24) is 9.38 Å². The predicted molar refractivity (Wildman–Crippen MR) is 116 cm³/mol. The van der Waals surface area contributed by atoms with Crippen molar-refractivity contribution in [3.8, 4) is 11.3 Å². The summed E-state index contributed by atoms with van der Waals surface area (Å²) in [4.78, 5) is 18.0. The molecule has 4 nitrogen and oxygen atoms in total. The lowest BCUT2D eigenvalue weighted by Crippen LogP contribution is -2.13. The number of aromatic nitrogens is 2. The number of hydrogen-bond donors (Lipinski definition) is 1. The predicted octanol–water partition coefficient (Wildman–Crippen LogP) is 5.90. The van der Waals surface area contributed by atoms with Crippen molar-refractivity contribution in [2.75, 3.05) is 5.32 Å². The SMILES string of the molecule is Cc1cccc(NC(=O)CCc2csc3nc(-c4ccc(Cl)cc4)cn23)c1C. The van der Waals surface area contributed by atoms with E-state index in [1.165, 1.54) is 5.56 Å². The van der Waals surface area contributed by atoms with E-state index >= 15 is 0 Å². The van der Waals surface area contributed by atoms with Gasteiger partial charge in [-0.05, 0) is 49.6 Å². The first kappa shape index (κ1) is 18.7. The fraction of sp³-hybridized carbons (Fsp3) is 0.182. The van der Waals surface area contributed by atoms with Crippen molar-refractivity contribution < 1.29 is 4.79 Å². The first-order valence-electron chi connectivity index (χ1n) is 9.09. The number of imidazole rings is 1. The molecular formula is C22H20ClN3OS. The minimum Gasteiger partial charge on any atom is -0.326 e. The van der Waals surface area contributed by atoms with Gasteiger partial charge in [-0.15, -0.1) is 11.3 Å². The van der Waals surface area contributed by atoms with Crippen LogP contribution < -0.4 is 5.32 Å². The van der Waals surface area contributed by atoms with Crippen molar-refractivity contribution >= 4 is 39.5 Å². The third kappa shape index (κ3) is 3.81. The number of nitrogens with zero attached hydrogens (tertiary/aromatic N) is 2. The molecular weight excluding hydrogens is 390 g/mol. The fourth-order valence-corrected chi connectivity index (χ4v) is 4.14. The van der Waals surface area contributed by atoms with Gasteiger partial charge in [0.05, 0.1) is 5.69 Å². The number of benzene rings is 2. The van der Waals surface area contributed by atoms with Gasteiger partial charge in [-0.1, -0.05) is 35.9 Å². The zero-order valence-corrected chi connectivity index (χ0v) is 17.3. The summed E-state index contributed by atoms with van der Waals surface area (Å²) in [6.07, 6.45) is 3.10. The van der Waals surface area contributed by atoms with Gasteiger partial charge in [0.25, 0.3) is 0 Å². The summed E-state index contributed by atoms with van der Waals surface area (Å²) >= 11 is 7.55. The van der Waals surface area contributed by atoms with E-state index in [1.54, 1.807) is 11.3 Å². The summed E-state index contributed by atoms with van der Waals surface area (Å²) in [6.45, 7) is 4.07. The molecule has 1 amide bonds. The molecule has 0 saturated carbocycles. The molecule has 2 aromatic heterocycles. The van der Waals surface area contributed by atoms with Gasteiger partial charge < -0.3 is 5.32 Å². The highest BCUT2D eigenvalue weighted by atomic mass is 35.5. The zero-order chi connectivity index (χ0) is 19.7. The van der Waals surface area contributed by atoms with Crippen LogP contribution in [0.1, 0.15) is 23.2 Å². The van der Waals surface area contributed by atoms with Gasteiger partial charge in [-0.3, -0.25) is 9.20 Å². The maximum atomic E-state index is 12.4. The number of rotatable bonds is 5. The molecule has 1 N–H and O–H groups in total. The first-order chi connectivity index (χ1) is 13.5. The number of carbonyl (C=O) groups excluding carboxylic acids is 1. The maximum Gasteiger partial charge on any atom is 0.224 e. The number of fused-ring (bicyclic) bond motifs is 1. The number of halogens is 1. The second kappa shape index (κ2) is 7.78. The second-order valence-electron chi connectivity index (χ2n) is 6.81. The average molecular weight is 410 g/mol. The third-order valence-electron chi connectivity index (χ3n) is 4.91. The normalized spacial score (nSPS) is 11.1. The molecule has 2 aromatic carbocycles. The summed E-state index contributed by atoms with van der Waals surface area (Å²) in [6, 6.07) is 13.6. The molecule has 0 saturated heterocycles. The quantitative estimate of drug-likeness (QED) is 0.445. The molecule has 0 radical (unpaired) electrons. The Morgan fingerprint density at radius 3 is 2.75 bits per heavy atom. The molecule has 0 aliphatic carbocycles. The average Bonchev–Trinajstić information content (AvgIpc) is 3.25. The van der Waals surface area contributed by atoms with E-state index in [1.807, 2.05) is 62.5 Å². The Morgan fingerprint density at radius 1 is 1.18 bits per heavy atom. The molecule has 0 aliphatic rings. The molecule has 4 aromatic rings. The van der Waals surface area contributed by atoms with E-state index in [0.29, 0.717) is 17.9 Å². The Morgan fingerprint density at radius 2 is 1.96 bits per heavy atom. The molecule has 6 heteroatoms. The highest BCUT2D eigenvalue weighted by Crippen LogP contribution is 2.25. The number of amides is 1. The Kier molecular flexibility index (Phi) is 5.20. The van der Waals surface area contributed by atoms with Gasteiger partial charge in [-0.2, -0.15) is 0 Å². The van der Waals surface area contributed by atoms with Crippen molar-refractivity contribution in [3.63, 3.8) is 0 Å². The maximum absolute atomic E-state index is 12.4. The van der Waals surface area contributed by atoms with Crippen LogP contribution in [0.2, 0.25) is 5.02 Å². The number of anilines is 1. The fourth-order valence-electron chi connectivity index (χ4n) is 3.11. The van der Waals surface area contributed by atoms with Crippen LogP contribution in [-0.2, 0) is 11.2 Å². The van der Waals surface area contributed by atoms with Gasteiger partial charge in [0.1, 0.15) is 0 Å².